The van der Waals surface area contributed by atoms with Crippen molar-refractivity contribution in [1.29, 1.82) is 0 Å². The first-order chi connectivity index (χ1) is 10.4. The average molecular weight is 308 g/mol. The lowest BCUT2D eigenvalue weighted by atomic mass is 10.1. The van der Waals surface area contributed by atoms with Crippen LogP contribution in [0.1, 0.15) is 32.8 Å². The van der Waals surface area contributed by atoms with Crippen LogP contribution in [0.15, 0.2) is 36.5 Å². The molecule has 1 N–H and O–H groups in total. The topological polar surface area (TPSA) is 51.1 Å². The van der Waals surface area contributed by atoms with Gasteiger partial charge in [0.25, 0.3) is 5.91 Å². The highest BCUT2D eigenvalue weighted by atomic mass is 19.4. The summed E-state index contributed by atoms with van der Waals surface area (Å²) in [6.45, 7) is 0.249. The summed E-state index contributed by atoms with van der Waals surface area (Å²) >= 11 is 0. The second-order valence-corrected chi connectivity index (χ2v) is 4.92. The molecule has 1 amide bonds. The van der Waals surface area contributed by atoms with E-state index in [4.69, 9.17) is 0 Å². The van der Waals surface area contributed by atoms with Gasteiger partial charge in [-0.1, -0.05) is 0 Å². The highest BCUT2D eigenvalue weighted by molar-refractivity contribution is 6.09. The van der Waals surface area contributed by atoms with Crippen molar-refractivity contribution in [2.45, 2.75) is 12.6 Å². The van der Waals surface area contributed by atoms with Crippen molar-refractivity contribution in [3.8, 4) is 5.69 Å². The number of alkyl halides is 3. The summed E-state index contributed by atoms with van der Waals surface area (Å²) in [5.74, 6) is -0.579. The quantitative estimate of drug-likeness (QED) is 0.880. The third-order valence-electron chi connectivity index (χ3n) is 3.51. The van der Waals surface area contributed by atoms with Gasteiger partial charge in [-0.2, -0.15) is 13.2 Å². The monoisotopic (exact) mass is 308 g/mol. The lowest BCUT2D eigenvalue weighted by molar-refractivity contribution is -0.137. The molecule has 1 aliphatic heterocycles. The van der Waals surface area contributed by atoms with Gasteiger partial charge in [0.05, 0.1) is 5.56 Å². The average Bonchev–Trinajstić information content (AvgIpc) is 2.85. The number of nitrogens with one attached hydrogen (secondary N) is 1. The summed E-state index contributed by atoms with van der Waals surface area (Å²) in [6.07, 6.45) is -2.70. The molecule has 4 nitrogen and oxygen atoms in total. The first kappa shape index (κ1) is 14.4. The molecule has 114 valence electrons. The summed E-state index contributed by atoms with van der Waals surface area (Å²) < 4.78 is 39.2. The number of nitrogens with zero attached hydrogens (tertiary/aromatic N) is 1. The maximum atomic E-state index is 12.6. The molecule has 2 aromatic rings. The third-order valence-corrected chi connectivity index (χ3v) is 3.51. The van der Waals surface area contributed by atoms with E-state index >= 15 is 0 Å². The van der Waals surface area contributed by atoms with Gasteiger partial charge in [0.15, 0.2) is 5.78 Å². The lowest BCUT2D eigenvalue weighted by Gasteiger charge is -2.11. The number of hydrogen-bond donors (Lipinski definition) is 1. The fourth-order valence-corrected chi connectivity index (χ4v) is 2.42. The summed E-state index contributed by atoms with van der Waals surface area (Å²) in [7, 11) is 0. The molecule has 0 saturated carbocycles. The Labute approximate surface area is 123 Å². The Morgan fingerprint density at radius 3 is 2.36 bits per heavy atom. The number of benzene rings is 1. The smallest absolute Gasteiger partial charge is 0.350 e. The number of Topliss-reactive ketones (excluding diaryl/α,β-unsaturated/α-hetero) is 1. The van der Waals surface area contributed by atoms with Crippen molar-refractivity contribution in [3.63, 3.8) is 0 Å². The van der Waals surface area contributed by atoms with Gasteiger partial charge >= 0.3 is 6.18 Å². The van der Waals surface area contributed by atoms with E-state index in [1.807, 2.05) is 0 Å². The van der Waals surface area contributed by atoms with Crippen molar-refractivity contribution in [2.24, 2.45) is 0 Å². The van der Waals surface area contributed by atoms with Crippen molar-refractivity contribution in [3.05, 3.63) is 53.3 Å². The Morgan fingerprint density at radius 1 is 1.05 bits per heavy atom. The van der Waals surface area contributed by atoms with Crippen LogP contribution in [-0.4, -0.2) is 22.8 Å². The molecule has 0 bridgehead atoms. The summed E-state index contributed by atoms with van der Waals surface area (Å²) in [5, 5.41) is 2.60. The molecule has 0 spiro atoms. The van der Waals surface area contributed by atoms with Crippen LogP contribution in [0, 0.1) is 0 Å². The lowest BCUT2D eigenvalue weighted by Crippen LogP contribution is -2.25. The van der Waals surface area contributed by atoms with Crippen LogP contribution in [-0.2, 0) is 6.18 Å². The minimum Gasteiger partial charge on any atom is -0.350 e. The van der Waals surface area contributed by atoms with Gasteiger partial charge in [-0.25, -0.2) is 0 Å². The molecule has 0 saturated heterocycles. The number of fused-ring (bicyclic) bond motifs is 1. The van der Waals surface area contributed by atoms with E-state index in [-0.39, 0.29) is 30.0 Å². The Balaban J connectivity index is 2.07. The normalized spacial score (nSPS) is 15.2. The van der Waals surface area contributed by atoms with Gasteiger partial charge in [-0.05, 0) is 30.3 Å². The molecule has 1 aromatic carbocycles. The molecule has 7 heteroatoms. The van der Waals surface area contributed by atoms with Crippen molar-refractivity contribution >= 4 is 11.7 Å². The first-order valence-electron chi connectivity index (χ1n) is 6.58. The highest BCUT2D eigenvalue weighted by Crippen LogP contribution is 2.30. The molecule has 1 aliphatic rings. The summed E-state index contributed by atoms with van der Waals surface area (Å²) in [4.78, 5) is 24.0. The molecular formula is C15H11F3N2O2. The Morgan fingerprint density at radius 2 is 1.73 bits per heavy atom. The summed E-state index contributed by atoms with van der Waals surface area (Å²) in [6, 6.07) is 5.94. The van der Waals surface area contributed by atoms with Gasteiger partial charge in [0.1, 0.15) is 5.69 Å². The molecule has 0 atom stereocenters. The molecule has 2 heterocycles. The van der Waals surface area contributed by atoms with Crippen LogP contribution >= 0.6 is 0 Å². The number of halogens is 3. The first-order valence-corrected chi connectivity index (χ1v) is 6.58. The van der Waals surface area contributed by atoms with Gasteiger partial charge < -0.3 is 9.88 Å². The van der Waals surface area contributed by atoms with Crippen molar-refractivity contribution in [1.82, 2.24) is 9.88 Å². The standard InChI is InChI=1S/C15H11F3N2O2/c16-15(17,18)9-1-3-10(4-2-9)20-8-6-11-12(21)5-7-19-14(22)13(11)20/h1-4,6,8H,5,7H2,(H,19,22). The molecule has 0 unspecified atom stereocenters. The molecule has 0 fully saturated rings. The van der Waals surface area contributed by atoms with E-state index < -0.39 is 17.6 Å². The zero-order valence-corrected chi connectivity index (χ0v) is 11.3. The van der Waals surface area contributed by atoms with Gasteiger partial charge in [-0.3, -0.25) is 9.59 Å². The van der Waals surface area contributed by atoms with E-state index in [1.54, 1.807) is 0 Å². The Kier molecular flexibility index (Phi) is 3.27. The zero-order chi connectivity index (χ0) is 15.9. The maximum Gasteiger partial charge on any atom is 0.416 e. The fourth-order valence-electron chi connectivity index (χ4n) is 2.42. The van der Waals surface area contributed by atoms with E-state index in [1.165, 1.54) is 29.0 Å². The number of aromatic nitrogens is 1. The summed E-state index contributed by atoms with van der Waals surface area (Å²) in [5.41, 5.74) is 0.0614. The van der Waals surface area contributed by atoms with Gasteiger partial charge in [-0.15, -0.1) is 0 Å². The zero-order valence-electron chi connectivity index (χ0n) is 11.3. The molecule has 22 heavy (non-hydrogen) atoms. The number of rotatable bonds is 1. The number of amides is 1. The van der Waals surface area contributed by atoms with Gasteiger partial charge in [0, 0.05) is 30.4 Å². The predicted molar refractivity (Wildman–Crippen MR) is 72.1 cm³/mol. The van der Waals surface area contributed by atoms with Crippen LogP contribution < -0.4 is 5.32 Å². The van der Waals surface area contributed by atoms with Crippen LogP contribution in [0.3, 0.4) is 0 Å². The molecule has 3 rings (SSSR count). The molecule has 1 aromatic heterocycles. The van der Waals surface area contributed by atoms with Crippen LogP contribution in [0.5, 0.6) is 0 Å². The van der Waals surface area contributed by atoms with Gasteiger partial charge in [0.2, 0.25) is 0 Å². The molecule has 0 radical (unpaired) electrons. The van der Waals surface area contributed by atoms with E-state index in [0.717, 1.165) is 12.1 Å². The maximum absolute atomic E-state index is 12.6. The second kappa shape index (κ2) is 5.01. The third kappa shape index (κ3) is 2.38. The van der Waals surface area contributed by atoms with E-state index in [9.17, 15) is 22.8 Å². The SMILES string of the molecule is O=C1CCNC(=O)c2c1ccn2-c1ccc(C(F)(F)F)cc1. The molecule has 0 aliphatic carbocycles. The predicted octanol–water partition coefficient (Wildman–Crippen LogP) is 2.81. The van der Waals surface area contributed by atoms with Crippen LogP contribution in [0.4, 0.5) is 13.2 Å². The Hall–Kier alpha value is -2.57. The van der Waals surface area contributed by atoms with Crippen LogP contribution in [0.25, 0.3) is 5.69 Å². The van der Waals surface area contributed by atoms with Crippen LogP contribution in [0.2, 0.25) is 0 Å². The van der Waals surface area contributed by atoms with Crippen molar-refractivity contribution in [2.75, 3.05) is 6.54 Å². The number of carbonyl (C=O) groups is 2. The minimum atomic E-state index is -4.42. The molecular weight excluding hydrogens is 297 g/mol. The van der Waals surface area contributed by atoms with E-state index in [2.05, 4.69) is 5.32 Å². The largest absolute Gasteiger partial charge is 0.416 e. The Bertz CT molecular complexity index is 745. The fraction of sp³-hybridized carbons (Fsp3) is 0.200. The number of hydrogen-bond acceptors (Lipinski definition) is 2. The van der Waals surface area contributed by atoms with E-state index in [0.29, 0.717) is 5.69 Å². The highest BCUT2D eigenvalue weighted by Gasteiger charge is 2.30. The minimum absolute atomic E-state index is 0.155. The second-order valence-electron chi connectivity index (χ2n) is 4.92. The van der Waals surface area contributed by atoms with Crippen molar-refractivity contribution < 1.29 is 22.8 Å². The number of carbonyl (C=O) groups excluding carboxylic acids is 2. The number of ketones is 1.